The highest BCUT2D eigenvalue weighted by Gasteiger charge is 2.25. The lowest BCUT2D eigenvalue weighted by molar-refractivity contribution is -0.128. The van der Waals surface area contributed by atoms with Gasteiger partial charge in [-0.05, 0) is 6.92 Å². The lowest BCUT2D eigenvalue weighted by atomic mass is 10.4. The van der Waals surface area contributed by atoms with Crippen molar-refractivity contribution in [1.29, 1.82) is 0 Å². The molecule has 0 radical (unpaired) electrons. The van der Waals surface area contributed by atoms with Crippen LogP contribution in [0, 0.1) is 0 Å². The van der Waals surface area contributed by atoms with Gasteiger partial charge >= 0.3 is 5.97 Å². The van der Waals surface area contributed by atoms with E-state index in [4.69, 9.17) is 4.74 Å². The maximum Gasteiger partial charge on any atom is 0.342 e. The van der Waals surface area contributed by atoms with Gasteiger partial charge in [-0.3, -0.25) is 9.89 Å². The molecule has 0 aliphatic heterocycles. The third-order valence-corrected chi connectivity index (χ3v) is 3.93. The van der Waals surface area contributed by atoms with Gasteiger partial charge in [0.25, 0.3) is 10.0 Å². The Kier molecular flexibility index (Phi) is 5.85. The fourth-order valence-electron chi connectivity index (χ4n) is 1.42. The minimum Gasteiger partial charge on any atom is -0.462 e. The van der Waals surface area contributed by atoms with Crippen molar-refractivity contribution in [3.05, 3.63) is 11.8 Å². The number of hydrogen-bond acceptors (Lipinski definition) is 6. The molecular weight excluding hydrogens is 300 g/mol. The molecule has 0 atom stereocenters. The van der Waals surface area contributed by atoms with E-state index in [0.29, 0.717) is 0 Å². The van der Waals surface area contributed by atoms with Gasteiger partial charge in [0.15, 0.2) is 5.03 Å². The minimum absolute atomic E-state index is 0.00903. The van der Waals surface area contributed by atoms with Crippen molar-refractivity contribution in [2.45, 2.75) is 18.4 Å². The van der Waals surface area contributed by atoms with Crippen LogP contribution in [0.5, 0.6) is 0 Å². The van der Waals surface area contributed by atoms with Crippen molar-refractivity contribution in [2.75, 3.05) is 27.2 Å². The first-order chi connectivity index (χ1) is 9.79. The Morgan fingerprint density at radius 1 is 1.43 bits per heavy atom. The number of amides is 1. The maximum atomic E-state index is 12.1. The molecule has 1 aromatic rings. The van der Waals surface area contributed by atoms with E-state index >= 15 is 0 Å². The van der Waals surface area contributed by atoms with Gasteiger partial charge in [-0.2, -0.15) is 5.10 Å². The Morgan fingerprint density at radius 3 is 2.67 bits per heavy atom. The standard InChI is InChI=1S/C11H18N4O5S/c1-4-20-11(17)8-7-12-14-10(8)21(18,19)13-6-5-9(16)15(2)3/h7,13H,4-6H2,1-3H3,(H,12,14). The van der Waals surface area contributed by atoms with E-state index in [1.54, 1.807) is 21.0 Å². The summed E-state index contributed by atoms with van der Waals surface area (Å²) in [7, 11) is -0.824. The van der Waals surface area contributed by atoms with Crippen LogP contribution in [0.4, 0.5) is 0 Å². The number of ether oxygens (including phenoxy) is 1. The number of rotatable bonds is 7. The summed E-state index contributed by atoms with van der Waals surface area (Å²) >= 11 is 0. The fourth-order valence-corrected chi connectivity index (χ4v) is 2.54. The van der Waals surface area contributed by atoms with Gasteiger partial charge in [0.1, 0.15) is 5.56 Å². The third-order valence-electron chi connectivity index (χ3n) is 2.50. The highest BCUT2D eigenvalue weighted by molar-refractivity contribution is 7.89. The van der Waals surface area contributed by atoms with E-state index in [2.05, 4.69) is 14.9 Å². The zero-order valence-corrected chi connectivity index (χ0v) is 12.9. The molecule has 118 valence electrons. The number of nitrogens with one attached hydrogen (secondary N) is 2. The zero-order chi connectivity index (χ0) is 16.0. The number of esters is 1. The first kappa shape index (κ1) is 17.1. The number of nitrogens with zero attached hydrogens (tertiary/aromatic N) is 2. The van der Waals surface area contributed by atoms with Gasteiger partial charge in [-0.1, -0.05) is 0 Å². The van der Waals surface area contributed by atoms with E-state index in [1.165, 1.54) is 4.90 Å². The summed E-state index contributed by atoms with van der Waals surface area (Å²) in [5.74, 6) is -0.996. The van der Waals surface area contributed by atoms with E-state index < -0.39 is 16.0 Å². The second kappa shape index (κ2) is 7.18. The molecule has 1 amide bonds. The predicted molar refractivity (Wildman–Crippen MR) is 73.0 cm³/mol. The van der Waals surface area contributed by atoms with Crippen molar-refractivity contribution >= 4 is 21.9 Å². The normalized spacial score (nSPS) is 11.2. The summed E-state index contributed by atoms with van der Waals surface area (Å²) in [6, 6.07) is 0. The fraction of sp³-hybridized carbons (Fsp3) is 0.545. The molecule has 2 N–H and O–H groups in total. The maximum absolute atomic E-state index is 12.1. The molecule has 0 fully saturated rings. The molecule has 9 nitrogen and oxygen atoms in total. The van der Waals surface area contributed by atoms with Gasteiger partial charge in [0.2, 0.25) is 5.91 Å². The van der Waals surface area contributed by atoms with Crippen LogP contribution in [0.1, 0.15) is 23.7 Å². The highest BCUT2D eigenvalue weighted by Crippen LogP contribution is 2.13. The van der Waals surface area contributed by atoms with Crippen LogP contribution < -0.4 is 4.72 Å². The monoisotopic (exact) mass is 318 g/mol. The van der Waals surface area contributed by atoms with Gasteiger partial charge in [-0.15, -0.1) is 0 Å². The van der Waals surface area contributed by atoms with Crippen LogP contribution in [0.3, 0.4) is 0 Å². The molecule has 0 unspecified atom stereocenters. The van der Waals surface area contributed by atoms with Crippen LogP contribution in [0.15, 0.2) is 11.2 Å². The number of aromatic nitrogens is 2. The molecule has 0 saturated carbocycles. The van der Waals surface area contributed by atoms with Gasteiger partial charge in [0, 0.05) is 27.1 Å². The van der Waals surface area contributed by atoms with Crippen molar-refractivity contribution in [3.8, 4) is 0 Å². The smallest absolute Gasteiger partial charge is 0.342 e. The summed E-state index contributed by atoms with van der Waals surface area (Å²) in [5.41, 5.74) is -0.178. The number of carbonyl (C=O) groups is 2. The molecule has 0 spiro atoms. The second-order valence-corrected chi connectivity index (χ2v) is 5.97. The highest BCUT2D eigenvalue weighted by atomic mass is 32.2. The SMILES string of the molecule is CCOC(=O)c1cn[nH]c1S(=O)(=O)NCCC(=O)N(C)C. The largest absolute Gasteiger partial charge is 0.462 e. The number of aromatic amines is 1. The first-order valence-electron chi connectivity index (χ1n) is 6.20. The molecule has 0 saturated heterocycles. The molecule has 1 aromatic heterocycles. The minimum atomic E-state index is -3.97. The van der Waals surface area contributed by atoms with Crippen LogP contribution in [0.2, 0.25) is 0 Å². The first-order valence-corrected chi connectivity index (χ1v) is 7.68. The zero-order valence-electron chi connectivity index (χ0n) is 12.0. The van der Waals surface area contributed by atoms with Crippen LogP contribution in [0.25, 0.3) is 0 Å². The van der Waals surface area contributed by atoms with Crippen molar-refractivity contribution in [1.82, 2.24) is 19.8 Å². The van der Waals surface area contributed by atoms with Crippen LogP contribution >= 0.6 is 0 Å². The Morgan fingerprint density at radius 2 is 2.10 bits per heavy atom. The van der Waals surface area contributed by atoms with Crippen molar-refractivity contribution < 1.29 is 22.7 Å². The molecule has 21 heavy (non-hydrogen) atoms. The lowest BCUT2D eigenvalue weighted by Crippen LogP contribution is -2.31. The molecule has 10 heteroatoms. The topological polar surface area (TPSA) is 121 Å². The quantitative estimate of drug-likeness (QED) is 0.644. The Balaban J connectivity index is 2.78. The Labute approximate surface area is 122 Å². The molecule has 0 aliphatic rings. The number of sulfonamides is 1. The summed E-state index contributed by atoms with van der Waals surface area (Å²) < 4.78 is 31.1. The summed E-state index contributed by atoms with van der Waals surface area (Å²) in [6.07, 6.45) is 1.09. The van der Waals surface area contributed by atoms with Crippen LogP contribution in [-0.4, -0.2) is 62.6 Å². The van der Waals surface area contributed by atoms with E-state index in [1.807, 2.05) is 0 Å². The van der Waals surface area contributed by atoms with Crippen LogP contribution in [-0.2, 0) is 19.6 Å². The number of H-pyrrole nitrogens is 1. The van der Waals surface area contributed by atoms with Gasteiger partial charge in [-0.25, -0.2) is 17.9 Å². The van der Waals surface area contributed by atoms with Crippen molar-refractivity contribution in [3.63, 3.8) is 0 Å². The molecule has 1 rings (SSSR count). The number of hydrogen-bond donors (Lipinski definition) is 2. The van der Waals surface area contributed by atoms with Gasteiger partial charge < -0.3 is 9.64 Å². The van der Waals surface area contributed by atoms with E-state index in [9.17, 15) is 18.0 Å². The Hall–Kier alpha value is -1.94. The average molecular weight is 318 g/mol. The molecule has 1 heterocycles. The molecule has 0 aromatic carbocycles. The lowest BCUT2D eigenvalue weighted by Gasteiger charge is -2.10. The molecular formula is C11H18N4O5S. The number of carbonyl (C=O) groups excluding carboxylic acids is 2. The van der Waals surface area contributed by atoms with E-state index in [-0.39, 0.29) is 36.1 Å². The van der Waals surface area contributed by atoms with Gasteiger partial charge in [0.05, 0.1) is 12.8 Å². The second-order valence-electron chi connectivity index (χ2n) is 4.27. The third kappa shape index (κ3) is 4.53. The summed E-state index contributed by atoms with van der Waals surface area (Å²) in [5, 5.41) is 5.42. The predicted octanol–water partition coefficient (Wildman–Crippen LogP) is -0.657. The molecule has 0 bridgehead atoms. The van der Waals surface area contributed by atoms with E-state index in [0.717, 1.165) is 6.20 Å². The summed E-state index contributed by atoms with van der Waals surface area (Å²) in [4.78, 5) is 24.3. The Bertz CT molecular complexity index is 608. The van der Waals surface area contributed by atoms with Crippen molar-refractivity contribution in [2.24, 2.45) is 0 Å². The molecule has 0 aliphatic carbocycles. The summed E-state index contributed by atoms with van der Waals surface area (Å²) in [6.45, 7) is 1.65. The average Bonchev–Trinajstić information content (AvgIpc) is 2.88.